The third-order valence-electron chi connectivity index (χ3n) is 3.87. The Morgan fingerprint density at radius 1 is 1.23 bits per heavy atom. The molecule has 0 spiro atoms. The molecule has 0 saturated heterocycles. The summed E-state index contributed by atoms with van der Waals surface area (Å²) in [4.78, 5) is 13.7. The summed E-state index contributed by atoms with van der Waals surface area (Å²) >= 11 is 0. The molecule has 0 N–H and O–H groups in total. The van der Waals surface area contributed by atoms with E-state index >= 15 is 0 Å². The lowest BCUT2D eigenvalue weighted by Gasteiger charge is -2.35. The van der Waals surface area contributed by atoms with Gasteiger partial charge in [-0.1, -0.05) is 25.1 Å². The van der Waals surface area contributed by atoms with Crippen LogP contribution in [0.3, 0.4) is 0 Å². The van der Waals surface area contributed by atoms with Gasteiger partial charge in [0.05, 0.1) is 7.11 Å². The van der Waals surface area contributed by atoms with Crippen molar-refractivity contribution in [1.29, 1.82) is 0 Å². The zero-order chi connectivity index (χ0) is 16.4. The maximum atomic E-state index is 12.1. The highest BCUT2D eigenvalue weighted by molar-refractivity contribution is 5.69. The molecule has 4 nitrogen and oxygen atoms in total. The fourth-order valence-electron chi connectivity index (χ4n) is 2.45. The van der Waals surface area contributed by atoms with Crippen LogP contribution in [0.2, 0.25) is 0 Å². The normalized spacial score (nSPS) is 21.6. The molecule has 1 aromatic rings. The van der Waals surface area contributed by atoms with Gasteiger partial charge in [-0.2, -0.15) is 0 Å². The summed E-state index contributed by atoms with van der Waals surface area (Å²) in [5.74, 6) is 0.850. The van der Waals surface area contributed by atoms with Crippen molar-refractivity contribution in [2.24, 2.45) is 0 Å². The van der Waals surface area contributed by atoms with Crippen LogP contribution in [-0.4, -0.2) is 30.2 Å². The van der Waals surface area contributed by atoms with Crippen LogP contribution in [0.25, 0.3) is 0 Å². The van der Waals surface area contributed by atoms with Crippen LogP contribution in [0.15, 0.2) is 36.5 Å². The lowest BCUT2D eigenvalue weighted by atomic mass is 9.78. The smallest absolute Gasteiger partial charge is 0.414 e. The molecule has 22 heavy (non-hydrogen) atoms. The van der Waals surface area contributed by atoms with E-state index in [1.807, 2.05) is 39.1 Å². The van der Waals surface area contributed by atoms with Crippen molar-refractivity contribution in [3.63, 3.8) is 0 Å². The van der Waals surface area contributed by atoms with Gasteiger partial charge in [-0.05, 0) is 44.9 Å². The number of benzene rings is 1. The minimum atomic E-state index is -0.471. The van der Waals surface area contributed by atoms with Crippen molar-refractivity contribution in [2.75, 3.05) is 13.7 Å². The number of allylic oxidation sites excluding steroid dienone is 1. The zero-order valence-corrected chi connectivity index (χ0v) is 14.1. The van der Waals surface area contributed by atoms with Crippen LogP contribution in [0.5, 0.6) is 5.75 Å². The summed E-state index contributed by atoms with van der Waals surface area (Å²) < 4.78 is 10.6. The Labute approximate surface area is 132 Å². The number of amides is 1. The van der Waals surface area contributed by atoms with E-state index in [-0.39, 0.29) is 11.5 Å². The van der Waals surface area contributed by atoms with Gasteiger partial charge < -0.3 is 9.47 Å². The number of hydrogen-bond acceptors (Lipinski definition) is 3. The maximum Gasteiger partial charge on any atom is 0.414 e. The number of nitrogens with zero attached hydrogens (tertiary/aromatic N) is 1. The molecule has 0 bridgehead atoms. The number of hydrogen-bond donors (Lipinski definition) is 0. The second-order valence-electron chi connectivity index (χ2n) is 6.89. The molecule has 0 aromatic heterocycles. The van der Waals surface area contributed by atoms with Crippen LogP contribution in [0.1, 0.15) is 39.7 Å². The van der Waals surface area contributed by atoms with Crippen molar-refractivity contribution < 1.29 is 14.3 Å². The highest BCUT2D eigenvalue weighted by Crippen LogP contribution is 2.33. The Morgan fingerprint density at radius 2 is 1.86 bits per heavy atom. The van der Waals surface area contributed by atoms with E-state index in [1.165, 1.54) is 5.56 Å². The number of ether oxygens (including phenoxy) is 2. The minimum absolute atomic E-state index is 0.0786. The number of rotatable bonds is 2. The summed E-state index contributed by atoms with van der Waals surface area (Å²) in [6.07, 6.45) is 4.47. The standard InChI is InChI=1S/C18H25NO3/c1-17(2,3)22-16(20)19-12-10-18(4,11-13-19)14-6-8-15(21-5)9-7-14/h6-10,12H,11,13H2,1-5H3. The zero-order valence-electron chi connectivity index (χ0n) is 14.1. The first kappa shape index (κ1) is 16.4. The van der Waals surface area contributed by atoms with E-state index in [4.69, 9.17) is 9.47 Å². The monoisotopic (exact) mass is 303 g/mol. The van der Waals surface area contributed by atoms with Gasteiger partial charge in [0.25, 0.3) is 0 Å². The topological polar surface area (TPSA) is 38.8 Å². The molecule has 1 amide bonds. The summed E-state index contributed by atoms with van der Waals surface area (Å²) in [5, 5.41) is 0. The second-order valence-corrected chi connectivity index (χ2v) is 6.89. The molecule has 1 heterocycles. The molecule has 1 aromatic carbocycles. The van der Waals surface area contributed by atoms with E-state index in [0.29, 0.717) is 6.54 Å². The van der Waals surface area contributed by atoms with E-state index in [9.17, 15) is 4.79 Å². The Morgan fingerprint density at radius 3 is 2.32 bits per heavy atom. The third kappa shape index (κ3) is 3.81. The highest BCUT2D eigenvalue weighted by Gasteiger charge is 2.31. The quantitative estimate of drug-likeness (QED) is 0.825. The van der Waals surface area contributed by atoms with Crippen LogP contribution in [-0.2, 0) is 10.2 Å². The summed E-state index contributed by atoms with van der Waals surface area (Å²) in [6, 6.07) is 8.09. The van der Waals surface area contributed by atoms with Gasteiger partial charge in [-0.3, -0.25) is 4.90 Å². The predicted molar refractivity (Wildman–Crippen MR) is 87.0 cm³/mol. The van der Waals surface area contributed by atoms with Gasteiger partial charge in [0, 0.05) is 18.2 Å². The van der Waals surface area contributed by atoms with Gasteiger partial charge in [0.2, 0.25) is 0 Å². The maximum absolute atomic E-state index is 12.1. The van der Waals surface area contributed by atoms with Crippen molar-refractivity contribution in [3.8, 4) is 5.75 Å². The third-order valence-corrected chi connectivity index (χ3v) is 3.87. The van der Waals surface area contributed by atoms with Crippen molar-refractivity contribution in [3.05, 3.63) is 42.1 Å². The largest absolute Gasteiger partial charge is 0.497 e. The number of methoxy groups -OCH3 is 1. The van der Waals surface area contributed by atoms with Crippen LogP contribution in [0.4, 0.5) is 4.79 Å². The molecule has 1 aliphatic heterocycles. The first-order valence-corrected chi connectivity index (χ1v) is 7.57. The van der Waals surface area contributed by atoms with Crippen LogP contribution < -0.4 is 4.74 Å². The fraction of sp³-hybridized carbons (Fsp3) is 0.500. The Kier molecular flexibility index (Phi) is 4.50. The first-order chi connectivity index (χ1) is 10.2. The van der Waals surface area contributed by atoms with E-state index in [2.05, 4.69) is 25.1 Å². The molecule has 0 radical (unpaired) electrons. The summed E-state index contributed by atoms with van der Waals surface area (Å²) in [5.41, 5.74) is 0.667. The highest BCUT2D eigenvalue weighted by atomic mass is 16.6. The Balaban J connectivity index is 2.10. The molecule has 1 atom stereocenters. The molecule has 4 heteroatoms. The lowest BCUT2D eigenvalue weighted by Crippen LogP contribution is -2.39. The van der Waals surface area contributed by atoms with E-state index in [1.54, 1.807) is 12.0 Å². The predicted octanol–water partition coefficient (Wildman–Crippen LogP) is 4.11. The van der Waals surface area contributed by atoms with Crippen LogP contribution >= 0.6 is 0 Å². The minimum Gasteiger partial charge on any atom is -0.497 e. The Hall–Kier alpha value is -1.97. The average molecular weight is 303 g/mol. The molecule has 1 unspecified atom stereocenters. The molecular formula is C18H25NO3. The SMILES string of the molecule is COc1ccc(C2(C)C=CN(C(=O)OC(C)(C)C)CC2)cc1. The lowest BCUT2D eigenvalue weighted by molar-refractivity contribution is 0.0316. The number of carbonyl (C=O) groups excluding carboxylic acids is 1. The average Bonchev–Trinajstić information content (AvgIpc) is 2.46. The van der Waals surface area contributed by atoms with Gasteiger partial charge in [0.1, 0.15) is 11.4 Å². The number of carbonyl (C=O) groups is 1. The van der Waals surface area contributed by atoms with Gasteiger partial charge in [-0.25, -0.2) is 4.79 Å². The van der Waals surface area contributed by atoms with Crippen molar-refractivity contribution in [1.82, 2.24) is 4.90 Å². The van der Waals surface area contributed by atoms with E-state index in [0.717, 1.165) is 12.2 Å². The molecule has 0 saturated carbocycles. The second kappa shape index (κ2) is 6.03. The van der Waals surface area contributed by atoms with Crippen molar-refractivity contribution in [2.45, 2.75) is 45.1 Å². The van der Waals surface area contributed by atoms with Gasteiger partial charge in [0.15, 0.2) is 0 Å². The summed E-state index contributed by atoms with van der Waals surface area (Å²) in [6.45, 7) is 8.45. The summed E-state index contributed by atoms with van der Waals surface area (Å²) in [7, 11) is 1.66. The Bertz CT molecular complexity index is 557. The van der Waals surface area contributed by atoms with Gasteiger partial charge in [-0.15, -0.1) is 0 Å². The molecular weight excluding hydrogens is 278 g/mol. The molecule has 2 rings (SSSR count). The molecule has 1 aliphatic rings. The molecule has 0 aliphatic carbocycles. The molecule has 120 valence electrons. The first-order valence-electron chi connectivity index (χ1n) is 7.57. The van der Waals surface area contributed by atoms with Crippen molar-refractivity contribution >= 4 is 6.09 Å². The fourth-order valence-corrected chi connectivity index (χ4v) is 2.45. The molecule has 0 fully saturated rings. The van der Waals surface area contributed by atoms with Crippen LogP contribution in [0, 0.1) is 0 Å². The van der Waals surface area contributed by atoms with E-state index < -0.39 is 5.60 Å². The van der Waals surface area contributed by atoms with Gasteiger partial charge >= 0.3 is 6.09 Å².